The summed E-state index contributed by atoms with van der Waals surface area (Å²) in [4.78, 5) is 0. The van der Waals surface area contributed by atoms with Crippen molar-refractivity contribution in [1.82, 2.24) is 0 Å². The van der Waals surface area contributed by atoms with Crippen LogP contribution in [0.4, 0.5) is 15.8 Å². The van der Waals surface area contributed by atoms with Crippen LogP contribution in [-0.2, 0) is 0 Å². The van der Waals surface area contributed by atoms with Crippen LogP contribution in [0.2, 0.25) is 0 Å². The van der Waals surface area contributed by atoms with Gasteiger partial charge in [-0.2, -0.15) is 0 Å². The van der Waals surface area contributed by atoms with Crippen molar-refractivity contribution in [2.45, 2.75) is 20.3 Å². The van der Waals surface area contributed by atoms with Gasteiger partial charge in [-0.3, -0.25) is 0 Å². The number of nitrogen functional groups attached to an aromatic ring is 1. The Morgan fingerprint density at radius 2 is 2.15 bits per heavy atom. The number of hydrogen-bond acceptors (Lipinski definition) is 2. The zero-order valence-corrected chi connectivity index (χ0v) is 8.02. The van der Waals surface area contributed by atoms with Crippen LogP contribution in [0.3, 0.4) is 0 Å². The fourth-order valence-corrected chi connectivity index (χ4v) is 1.12. The molecule has 0 fully saturated rings. The number of halogens is 1. The van der Waals surface area contributed by atoms with Gasteiger partial charge in [0.2, 0.25) is 0 Å². The van der Waals surface area contributed by atoms with Gasteiger partial charge in [0.05, 0.1) is 11.4 Å². The van der Waals surface area contributed by atoms with Crippen LogP contribution < -0.4 is 11.1 Å². The first kappa shape index (κ1) is 9.84. The van der Waals surface area contributed by atoms with E-state index in [9.17, 15) is 4.39 Å². The molecule has 0 aromatic heterocycles. The lowest BCUT2D eigenvalue weighted by Crippen LogP contribution is -2.04. The van der Waals surface area contributed by atoms with Gasteiger partial charge in [-0.15, -0.1) is 0 Å². The van der Waals surface area contributed by atoms with Crippen molar-refractivity contribution >= 4 is 11.4 Å². The van der Waals surface area contributed by atoms with Gasteiger partial charge >= 0.3 is 0 Å². The minimum absolute atomic E-state index is 0.215. The van der Waals surface area contributed by atoms with Gasteiger partial charge in [0.15, 0.2) is 0 Å². The molecule has 0 heterocycles. The highest BCUT2D eigenvalue weighted by Crippen LogP contribution is 2.22. The molecule has 0 amide bonds. The first-order chi connectivity index (χ1) is 6.15. The molecule has 1 aromatic rings. The Morgan fingerprint density at radius 3 is 2.77 bits per heavy atom. The number of benzene rings is 1. The summed E-state index contributed by atoms with van der Waals surface area (Å²) in [5.74, 6) is -0.215. The molecule has 0 aliphatic rings. The van der Waals surface area contributed by atoms with E-state index in [2.05, 4.69) is 5.32 Å². The third-order valence-corrected chi connectivity index (χ3v) is 1.90. The summed E-state index contributed by atoms with van der Waals surface area (Å²) in [5.41, 5.74) is 7.57. The van der Waals surface area contributed by atoms with Crippen LogP contribution in [0, 0.1) is 12.7 Å². The van der Waals surface area contributed by atoms with Crippen molar-refractivity contribution in [1.29, 1.82) is 0 Å². The maximum absolute atomic E-state index is 13.1. The van der Waals surface area contributed by atoms with Gasteiger partial charge in [0, 0.05) is 6.54 Å². The minimum atomic E-state index is -0.215. The number of nitrogens with one attached hydrogen (secondary N) is 1. The van der Waals surface area contributed by atoms with Crippen LogP contribution >= 0.6 is 0 Å². The Bertz CT molecular complexity index is 297. The average molecular weight is 182 g/mol. The maximum Gasteiger partial charge on any atom is 0.128 e. The molecule has 0 aliphatic carbocycles. The molecule has 0 spiro atoms. The van der Waals surface area contributed by atoms with E-state index in [4.69, 9.17) is 5.73 Å². The van der Waals surface area contributed by atoms with Gasteiger partial charge in [0.25, 0.3) is 0 Å². The van der Waals surface area contributed by atoms with Gasteiger partial charge in [-0.1, -0.05) is 6.92 Å². The molecule has 0 saturated carbocycles. The average Bonchev–Trinajstić information content (AvgIpc) is 2.09. The quantitative estimate of drug-likeness (QED) is 0.705. The van der Waals surface area contributed by atoms with Crippen molar-refractivity contribution < 1.29 is 4.39 Å². The number of anilines is 2. The summed E-state index contributed by atoms with van der Waals surface area (Å²) in [6, 6.07) is 3.09. The van der Waals surface area contributed by atoms with Crippen LogP contribution in [0.1, 0.15) is 18.9 Å². The molecule has 0 bridgehead atoms. The molecule has 72 valence electrons. The first-order valence-electron chi connectivity index (χ1n) is 4.44. The predicted octanol–water partition coefficient (Wildman–Crippen LogP) is 2.54. The number of nitrogens with two attached hydrogens (primary N) is 1. The largest absolute Gasteiger partial charge is 0.397 e. The second-order valence-corrected chi connectivity index (χ2v) is 3.12. The standard InChI is InChI=1S/C10H15FN2/c1-3-4-13-10-6-8(11)7(2)5-9(10)12/h5-6,13H,3-4,12H2,1-2H3. The summed E-state index contributed by atoms with van der Waals surface area (Å²) in [5, 5.41) is 3.07. The Morgan fingerprint density at radius 1 is 1.46 bits per heavy atom. The third-order valence-electron chi connectivity index (χ3n) is 1.90. The van der Waals surface area contributed by atoms with Gasteiger partial charge in [0.1, 0.15) is 5.82 Å². The molecule has 1 aromatic carbocycles. The second kappa shape index (κ2) is 4.12. The molecule has 0 radical (unpaired) electrons. The van der Waals surface area contributed by atoms with Crippen LogP contribution in [0.25, 0.3) is 0 Å². The third kappa shape index (κ3) is 2.34. The molecule has 3 heteroatoms. The van der Waals surface area contributed by atoms with Crippen molar-refractivity contribution in [2.75, 3.05) is 17.6 Å². The predicted molar refractivity (Wildman–Crippen MR) is 54.3 cm³/mol. The van der Waals surface area contributed by atoms with Gasteiger partial charge in [-0.05, 0) is 31.0 Å². The number of hydrogen-bond donors (Lipinski definition) is 2. The van der Waals surface area contributed by atoms with E-state index < -0.39 is 0 Å². The van der Waals surface area contributed by atoms with Gasteiger partial charge in [-0.25, -0.2) is 4.39 Å². The maximum atomic E-state index is 13.1. The summed E-state index contributed by atoms with van der Waals surface area (Å²) >= 11 is 0. The Balaban J connectivity index is 2.88. The summed E-state index contributed by atoms with van der Waals surface area (Å²) in [7, 11) is 0. The van der Waals surface area contributed by atoms with E-state index in [0.717, 1.165) is 13.0 Å². The lowest BCUT2D eigenvalue weighted by molar-refractivity contribution is 0.619. The van der Waals surface area contributed by atoms with E-state index in [-0.39, 0.29) is 5.82 Å². The van der Waals surface area contributed by atoms with Crippen LogP contribution in [-0.4, -0.2) is 6.54 Å². The normalized spacial score (nSPS) is 10.1. The van der Waals surface area contributed by atoms with Gasteiger partial charge < -0.3 is 11.1 Å². The fourth-order valence-electron chi connectivity index (χ4n) is 1.12. The topological polar surface area (TPSA) is 38.0 Å². The second-order valence-electron chi connectivity index (χ2n) is 3.12. The smallest absolute Gasteiger partial charge is 0.128 e. The van der Waals surface area contributed by atoms with E-state index >= 15 is 0 Å². The molecule has 0 unspecified atom stereocenters. The first-order valence-corrected chi connectivity index (χ1v) is 4.44. The highest BCUT2D eigenvalue weighted by Gasteiger charge is 2.03. The molecule has 1 rings (SSSR count). The molecule has 3 N–H and O–H groups in total. The molecule has 13 heavy (non-hydrogen) atoms. The summed E-state index contributed by atoms with van der Waals surface area (Å²) in [6.45, 7) is 4.57. The fraction of sp³-hybridized carbons (Fsp3) is 0.400. The Kier molecular flexibility index (Phi) is 3.12. The molecular formula is C10H15FN2. The zero-order valence-electron chi connectivity index (χ0n) is 8.02. The minimum Gasteiger partial charge on any atom is -0.397 e. The Labute approximate surface area is 77.9 Å². The van der Waals surface area contributed by atoms with Crippen molar-refractivity contribution in [3.8, 4) is 0 Å². The SMILES string of the molecule is CCCNc1cc(F)c(C)cc1N. The van der Waals surface area contributed by atoms with Crippen molar-refractivity contribution in [3.63, 3.8) is 0 Å². The van der Waals surface area contributed by atoms with Crippen LogP contribution in [0.15, 0.2) is 12.1 Å². The lowest BCUT2D eigenvalue weighted by Gasteiger charge is -2.09. The van der Waals surface area contributed by atoms with E-state index in [1.165, 1.54) is 6.07 Å². The molecule has 2 nitrogen and oxygen atoms in total. The lowest BCUT2D eigenvalue weighted by atomic mass is 10.2. The zero-order chi connectivity index (χ0) is 9.84. The van der Waals surface area contributed by atoms with Crippen LogP contribution in [0.5, 0.6) is 0 Å². The molecule has 0 saturated heterocycles. The Hall–Kier alpha value is -1.25. The summed E-state index contributed by atoms with van der Waals surface area (Å²) < 4.78 is 13.1. The number of aryl methyl sites for hydroxylation is 1. The van der Waals surface area contributed by atoms with E-state index in [1.807, 2.05) is 6.92 Å². The summed E-state index contributed by atoms with van der Waals surface area (Å²) in [6.07, 6.45) is 0.995. The molecule has 0 atom stereocenters. The monoisotopic (exact) mass is 182 g/mol. The highest BCUT2D eigenvalue weighted by molar-refractivity contribution is 5.67. The van der Waals surface area contributed by atoms with E-state index in [1.54, 1.807) is 13.0 Å². The molecular weight excluding hydrogens is 167 g/mol. The van der Waals surface area contributed by atoms with E-state index in [0.29, 0.717) is 16.9 Å². The molecule has 0 aliphatic heterocycles. The number of rotatable bonds is 3. The van der Waals surface area contributed by atoms with Crippen molar-refractivity contribution in [3.05, 3.63) is 23.5 Å². The highest BCUT2D eigenvalue weighted by atomic mass is 19.1. The van der Waals surface area contributed by atoms with Crippen molar-refractivity contribution in [2.24, 2.45) is 0 Å².